The van der Waals surface area contributed by atoms with E-state index in [9.17, 15) is 0 Å². The Kier molecular flexibility index (Phi) is 2.94. The lowest BCUT2D eigenvalue weighted by atomic mass is 9.85. The van der Waals surface area contributed by atoms with Crippen LogP contribution in [0.3, 0.4) is 0 Å². The molecular formula is C10H21N. The van der Waals surface area contributed by atoms with Crippen LogP contribution in [0.4, 0.5) is 0 Å². The van der Waals surface area contributed by atoms with E-state index >= 15 is 0 Å². The fourth-order valence-electron chi connectivity index (χ4n) is 1.66. The van der Waals surface area contributed by atoms with Crippen LogP contribution in [-0.2, 0) is 0 Å². The van der Waals surface area contributed by atoms with Crippen molar-refractivity contribution in [3.63, 3.8) is 0 Å². The molecule has 0 aromatic heterocycles. The standard InChI is InChI=1S/C10H21N/c1-5-9(4)10-6-11(7-10)8(2)3/h8-10H,5-7H2,1-4H3. The highest BCUT2D eigenvalue weighted by Gasteiger charge is 2.31. The molecule has 0 N–H and O–H groups in total. The van der Waals surface area contributed by atoms with Crippen molar-refractivity contribution in [2.24, 2.45) is 11.8 Å². The molecule has 0 bridgehead atoms. The van der Waals surface area contributed by atoms with Gasteiger partial charge in [-0.05, 0) is 25.7 Å². The molecule has 1 heterocycles. The molecule has 1 unspecified atom stereocenters. The molecule has 66 valence electrons. The van der Waals surface area contributed by atoms with Crippen molar-refractivity contribution in [1.82, 2.24) is 4.90 Å². The third-order valence-corrected chi connectivity index (χ3v) is 3.12. The van der Waals surface area contributed by atoms with Crippen LogP contribution in [0.15, 0.2) is 0 Å². The fraction of sp³-hybridized carbons (Fsp3) is 1.00. The zero-order chi connectivity index (χ0) is 8.43. The summed E-state index contributed by atoms with van der Waals surface area (Å²) < 4.78 is 0. The SMILES string of the molecule is CCC(C)C1CN(C(C)C)C1. The molecule has 11 heavy (non-hydrogen) atoms. The molecule has 1 nitrogen and oxygen atoms in total. The molecule has 0 saturated carbocycles. The summed E-state index contributed by atoms with van der Waals surface area (Å²) in [6.07, 6.45) is 1.34. The van der Waals surface area contributed by atoms with Gasteiger partial charge in [-0.2, -0.15) is 0 Å². The maximum Gasteiger partial charge on any atom is 0.00388 e. The van der Waals surface area contributed by atoms with E-state index in [1.165, 1.54) is 19.5 Å². The zero-order valence-corrected chi connectivity index (χ0v) is 8.30. The van der Waals surface area contributed by atoms with Gasteiger partial charge in [0.25, 0.3) is 0 Å². The van der Waals surface area contributed by atoms with Crippen molar-refractivity contribution in [1.29, 1.82) is 0 Å². The Balaban J connectivity index is 2.18. The average molecular weight is 155 g/mol. The second kappa shape index (κ2) is 3.57. The Morgan fingerprint density at radius 3 is 2.18 bits per heavy atom. The monoisotopic (exact) mass is 155 g/mol. The third kappa shape index (κ3) is 1.96. The maximum absolute atomic E-state index is 2.55. The molecule has 1 heteroatoms. The van der Waals surface area contributed by atoms with E-state index in [4.69, 9.17) is 0 Å². The Morgan fingerprint density at radius 2 is 1.82 bits per heavy atom. The lowest BCUT2D eigenvalue weighted by Gasteiger charge is -2.44. The Hall–Kier alpha value is -0.0400. The highest BCUT2D eigenvalue weighted by molar-refractivity contribution is 4.84. The predicted molar refractivity (Wildman–Crippen MR) is 49.7 cm³/mol. The van der Waals surface area contributed by atoms with E-state index in [1.807, 2.05) is 0 Å². The van der Waals surface area contributed by atoms with Crippen molar-refractivity contribution in [2.75, 3.05) is 13.1 Å². The van der Waals surface area contributed by atoms with Gasteiger partial charge >= 0.3 is 0 Å². The highest BCUT2D eigenvalue weighted by atomic mass is 15.2. The van der Waals surface area contributed by atoms with Gasteiger partial charge in [-0.3, -0.25) is 0 Å². The summed E-state index contributed by atoms with van der Waals surface area (Å²) in [5, 5.41) is 0. The summed E-state index contributed by atoms with van der Waals surface area (Å²) in [6.45, 7) is 11.9. The van der Waals surface area contributed by atoms with Crippen molar-refractivity contribution in [3.8, 4) is 0 Å². The number of rotatable bonds is 3. The van der Waals surface area contributed by atoms with Crippen LogP contribution in [-0.4, -0.2) is 24.0 Å². The summed E-state index contributed by atoms with van der Waals surface area (Å²) in [7, 11) is 0. The van der Waals surface area contributed by atoms with Gasteiger partial charge in [-0.25, -0.2) is 0 Å². The van der Waals surface area contributed by atoms with Gasteiger partial charge in [-0.1, -0.05) is 20.3 Å². The molecule has 0 radical (unpaired) electrons. The first-order valence-corrected chi connectivity index (χ1v) is 4.89. The molecule has 0 aliphatic carbocycles. The lowest BCUT2D eigenvalue weighted by molar-refractivity contribution is 0.0350. The number of hydrogen-bond acceptors (Lipinski definition) is 1. The van der Waals surface area contributed by atoms with Gasteiger partial charge in [0, 0.05) is 19.1 Å². The predicted octanol–water partition coefficient (Wildman–Crippen LogP) is 2.37. The molecule has 1 atom stereocenters. The van der Waals surface area contributed by atoms with Gasteiger partial charge in [0.1, 0.15) is 0 Å². The van der Waals surface area contributed by atoms with E-state index in [0.29, 0.717) is 0 Å². The second-order valence-electron chi connectivity index (χ2n) is 4.19. The van der Waals surface area contributed by atoms with Crippen LogP contribution in [0.1, 0.15) is 34.1 Å². The van der Waals surface area contributed by atoms with Gasteiger partial charge in [0.15, 0.2) is 0 Å². The largest absolute Gasteiger partial charge is 0.300 e. The van der Waals surface area contributed by atoms with E-state index in [0.717, 1.165) is 17.9 Å². The zero-order valence-electron chi connectivity index (χ0n) is 8.30. The van der Waals surface area contributed by atoms with Crippen LogP contribution >= 0.6 is 0 Å². The van der Waals surface area contributed by atoms with E-state index in [-0.39, 0.29) is 0 Å². The molecule has 0 aromatic carbocycles. The minimum atomic E-state index is 0.760. The summed E-state index contributed by atoms with van der Waals surface area (Å²) in [6, 6.07) is 0.760. The lowest BCUT2D eigenvalue weighted by Crippen LogP contribution is -2.52. The third-order valence-electron chi connectivity index (χ3n) is 3.12. The second-order valence-corrected chi connectivity index (χ2v) is 4.19. The maximum atomic E-state index is 2.55. The van der Waals surface area contributed by atoms with Crippen LogP contribution < -0.4 is 0 Å². The molecule has 1 rings (SSSR count). The minimum absolute atomic E-state index is 0.760. The number of hydrogen-bond donors (Lipinski definition) is 0. The van der Waals surface area contributed by atoms with Crippen molar-refractivity contribution >= 4 is 0 Å². The van der Waals surface area contributed by atoms with Crippen LogP contribution in [0.5, 0.6) is 0 Å². The fourth-order valence-corrected chi connectivity index (χ4v) is 1.66. The van der Waals surface area contributed by atoms with E-state index < -0.39 is 0 Å². The Bertz CT molecular complexity index is 114. The van der Waals surface area contributed by atoms with Crippen LogP contribution in [0, 0.1) is 11.8 Å². The van der Waals surface area contributed by atoms with Gasteiger partial charge < -0.3 is 4.90 Å². The normalized spacial score (nSPS) is 23.7. The van der Waals surface area contributed by atoms with Crippen molar-refractivity contribution in [2.45, 2.75) is 40.2 Å². The van der Waals surface area contributed by atoms with Crippen molar-refractivity contribution in [3.05, 3.63) is 0 Å². The number of nitrogens with zero attached hydrogens (tertiary/aromatic N) is 1. The molecule has 1 aliphatic heterocycles. The minimum Gasteiger partial charge on any atom is -0.300 e. The van der Waals surface area contributed by atoms with E-state index in [1.54, 1.807) is 0 Å². The van der Waals surface area contributed by atoms with Gasteiger partial charge in [0.2, 0.25) is 0 Å². The highest BCUT2D eigenvalue weighted by Crippen LogP contribution is 2.26. The van der Waals surface area contributed by atoms with Crippen LogP contribution in [0.2, 0.25) is 0 Å². The first kappa shape index (κ1) is 9.05. The smallest absolute Gasteiger partial charge is 0.00388 e. The molecular weight excluding hydrogens is 134 g/mol. The molecule has 1 saturated heterocycles. The summed E-state index contributed by atoms with van der Waals surface area (Å²) in [5.74, 6) is 1.92. The molecule has 0 amide bonds. The quantitative estimate of drug-likeness (QED) is 0.605. The Morgan fingerprint density at radius 1 is 1.27 bits per heavy atom. The molecule has 1 aliphatic rings. The van der Waals surface area contributed by atoms with Crippen LogP contribution in [0.25, 0.3) is 0 Å². The van der Waals surface area contributed by atoms with Crippen molar-refractivity contribution < 1.29 is 0 Å². The Labute approximate surface area is 70.8 Å². The topological polar surface area (TPSA) is 3.24 Å². The average Bonchev–Trinajstić information content (AvgIpc) is 1.83. The van der Waals surface area contributed by atoms with Gasteiger partial charge in [0.05, 0.1) is 0 Å². The number of likely N-dealkylation sites (tertiary alicyclic amines) is 1. The summed E-state index contributed by atoms with van der Waals surface area (Å²) in [4.78, 5) is 2.55. The molecule has 0 aromatic rings. The summed E-state index contributed by atoms with van der Waals surface area (Å²) in [5.41, 5.74) is 0. The summed E-state index contributed by atoms with van der Waals surface area (Å²) >= 11 is 0. The first-order valence-electron chi connectivity index (χ1n) is 4.89. The molecule has 0 spiro atoms. The molecule has 1 fully saturated rings. The first-order chi connectivity index (χ1) is 5.15. The van der Waals surface area contributed by atoms with Gasteiger partial charge in [-0.15, -0.1) is 0 Å². The van der Waals surface area contributed by atoms with E-state index in [2.05, 4.69) is 32.6 Å².